The lowest BCUT2D eigenvalue weighted by atomic mass is 10.1. The number of thiophene rings is 1. The highest BCUT2D eigenvalue weighted by Crippen LogP contribution is 2.34. The number of halogens is 1. The minimum atomic E-state index is 0.477. The number of hydrogen-bond donors (Lipinski definition) is 1. The van der Waals surface area contributed by atoms with Gasteiger partial charge in [-0.15, -0.1) is 11.3 Å². The first-order valence-corrected chi connectivity index (χ1v) is 9.96. The molecule has 9 heteroatoms. The monoisotopic (exact) mass is 414 g/mol. The summed E-state index contributed by atoms with van der Waals surface area (Å²) in [5, 5.41) is 8.01. The van der Waals surface area contributed by atoms with Gasteiger partial charge in [0, 0.05) is 12.6 Å². The first kappa shape index (κ1) is 17.3. The van der Waals surface area contributed by atoms with Crippen LogP contribution in [0.1, 0.15) is 5.56 Å². The Morgan fingerprint density at radius 3 is 2.82 bits per heavy atom. The summed E-state index contributed by atoms with van der Waals surface area (Å²) in [4.78, 5) is 9.94. The predicted octanol–water partition coefficient (Wildman–Crippen LogP) is 4.43. The molecule has 4 aromatic rings. The van der Waals surface area contributed by atoms with Crippen LogP contribution in [-0.2, 0) is 6.42 Å². The molecule has 0 aliphatic carbocycles. The van der Waals surface area contributed by atoms with Crippen LogP contribution in [0.4, 0.5) is 5.82 Å². The highest BCUT2D eigenvalue weighted by atomic mass is 35.5. The van der Waals surface area contributed by atoms with Crippen LogP contribution in [0.5, 0.6) is 11.5 Å². The summed E-state index contributed by atoms with van der Waals surface area (Å²) in [7, 11) is 0. The zero-order valence-corrected chi connectivity index (χ0v) is 16.2. The van der Waals surface area contributed by atoms with E-state index in [0.717, 1.165) is 39.5 Å². The van der Waals surface area contributed by atoms with Gasteiger partial charge in [0.15, 0.2) is 11.5 Å². The fraction of sp³-hybridized carbons (Fsp3) is 0.211. The fourth-order valence-corrected chi connectivity index (χ4v) is 4.12. The van der Waals surface area contributed by atoms with Gasteiger partial charge in [-0.1, -0.05) is 22.8 Å². The molecule has 0 atom stereocenters. The SMILES string of the molecule is Clc1cc2c(NCCc3ccc4c(c3)OCCO4)nc(-c3ccno3)nc2s1. The minimum absolute atomic E-state index is 0.477. The second-order valence-corrected chi connectivity index (χ2v) is 7.86. The van der Waals surface area contributed by atoms with Gasteiger partial charge in [0.05, 0.1) is 15.9 Å². The number of ether oxygens (including phenoxy) is 2. The van der Waals surface area contributed by atoms with Crippen LogP contribution in [0.15, 0.2) is 41.1 Å². The molecule has 1 N–H and O–H groups in total. The van der Waals surface area contributed by atoms with Crippen molar-refractivity contribution in [2.75, 3.05) is 25.1 Å². The van der Waals surface area contributed by atoms with Gasteiger partial charge in [-0.2, -0.15) is 0 Å². The lowest BCUT2D eigenvalue weighted by Gasteiger charge is -2.19. The number of hydrogen-bond acceptors (Lipinski definition) is 8. The fourth-order valence-electron chi connectivity index (χ4n) is 3.04. The number of fused-ring (bicyclic) bond motifs is 2. The van der Waals surface area contributed by atoms with Crippen LogP contribution in [0.2, 0.25) is 4.34 Å². The van der Waals surface area contributed by atoms with E-state index in [1.54, 1.807) is 12.3 Å². The predicted molar refractivity (Wildman–Crippen MR) is 108 cm³/mol. The van der Waals surface area contributed by atoms with Crippen LogP contribution < -0.4 is 14.8 Å². The molecule has 0 saturated heterocycles. The summed E-state index contributed by atoms with van der Waals surface area (Å²) in [6.45, 7) is 1.86. The Bertz CT molecular complexity index is 1130. The molecule has 0 radical (unpaired) electrons. The average molecular weight is 415 g/mol. The van der Waals surface area contributed by atoms with Crippen LogP contribution >= 0.6 is 22.9 Å². The lowest BCUT2D eigenvalue weighted by Crippen LogP contribution is -2.15. The van der Waals surface area contributed by atoms with E-state index in [4.69, 9.17) is 25.6 Å². The Morgan fingerprint density at radius 1 is 1.07 bits per heavy atom. The van der Waals surface area contributed by atoms with Gasteiger partial charge in [0.1, 0.15) is 23.9 Å². The lowest BCUT2D eigenvalue weighted by molar-refractivity contribution is 0.171. The van der Waals surface area contributed by atoms with E-state index in [-0.39, 0.29) is 0 Å². The smallest absolute Gasteiger partial charge is 0.204 e. The minimum Gasteiger partial charge on any atom is -0.486 e. The third-order valence-corrected chi connectivity index (χ3v) is 5.49. The third kappa shape index (κ3) is 3.36. The van der Waals surface area contributed by atoms with E-state index in [1.807, 2.05) is 24.3 Å². The summed E-state index contributed by atoms with van der Waals surface area (Å²) in [5.41, 5.74) is 1.15. The molecule has 1 aromatic carbocycles. The number of anilines is 1. The van der Waals surface area contributed by atoms with Crippen molar-refractivity contribution in [3.8, 4) is 23.1 Å². The molecule has 1 aliphatic heterocycles. The molecule has 142 valence electrons. The van der Waals surface area contributed by atoms with Crippen LogP contribution in [0.3, 0.4) is 0 Å². The van der Waals surface area contributed by atoms with Crippen molar-refractivity contribution in [3.05, 3.63) is 46.4 Å². The molecule has 0 spiro atoms. The topological polar surface area (TPSA) is 82.3 Å². The summed E-state index contributed by atoms with van der Waals surface area (Å²) < 4.78 is 17.1. The van der Waals surface area contributed by atoms with Crippen LogP contribution in [0.25, 0.3) is 21.8 Å². The molecule has 7 nitrogen and oxygen atoms in total. The molecule has 4 heterocycles. The van der Waals surface area contributed by atoms with Crippen molar-refractivity contribution in [1.29, 1.82) is 0 Å². The number of benzene rings is 1. The highest BCUT2D eigenvalue weighted by molar-refractivity contribution is 7.22. The van der Waals surface area contributed by atoms with Crippen LogP contribution in [0, 0.1) is 0 Å². The molecule has 0 fully saturated rings. The maximum Gasteiger partial charge on any atom is 0.204 e. The quantitative estimate of drug-likeness (QED) is 0.517. The van der Waals surface area contributed by atoms with Crippen molar-refractivity contribution >= 4 is 39.0 Å². The van der Waals surface area contributed by atoms with E-state index >= 15 is 0 Å². The van der Waals surface area contributed by atoms with Crippen molar-refractivity contribution in [2.45, 2.75) is 6.42 Å². The third-order valence-electron chi connectivity index (χ3n) is 4.33. The number of rotatable bonds is 5. The molecule has 0 amide bonds. The second kappa shape index (κ2) is 7.29. The first-order valence-electron chi connectivity index (χ1n) is 8.77. The van der Waals surface area contributed by atoms with Gasteiger partial charge in [-0.25, -0.2) is 9.97 Å². The van der Waals surface area contributed by atoms with Crippen molar-refractivity contribution < 1.29 is 14.0 Å². The molecule has 1 aliphatic rings. The average Bonchev–Trinajstić information content (AvgIpc) is 3.37. The highest BCUT2D eigenvalue weighted by Gasteiger charge is 2.15. The van der Waals surface area contributed by atoms with Crippen LogP contribution in [-0.4, -0.2) is 34.9 Å². The maximum atomic E-state index is 6.19. The number of aromatic nitrogens is 3. The van der Waals surface area contributed by atoms with E-state index < -0.39 is 0 Å². The van der Waals surface area contributed by atoms with Gasteiger partial charge >= 0.3 is 0 Å². The summed E-state index contributed by atoms with van der Waals surface area (Å²) in [6, 6.07) is 9.63. The number of nitrogens with one attached hydrogen (secondary N) is 1. The summed E-state index contributed by atoms with van der Waals surface area (Å²) in [6.07, 6.45) is 2.37. The molecule has 0 saturated carbocycles. The van der Waals surface area contributed by atoms with Gasteiger partial charge in [-0.05, 0) is 30.2 Å². The molecule has 0 unspecified atom stereocenters. The van der Waals surface area contributed by atoms with Gasteiger partial charge in [-0.3, -0.25) is 0 Å². The zero-order chi connectivity index (χ0) is 18.9. The first-order chi connectivity index (χ1) is 13.8. The van der Waals surface area contributed by atoms with Crippen molar-refractivity contribution in [3.63, 3.8) is 0 Å². The Kier molecular flexibility index (Phi) is 4.50. The Morgan fingerprint density at radius 2 is 1.96 bits per heavy atom. The molecular weight excluding hydrogens is 400 g/mol. The van der Waals surface area contributed by atoms with E-state index in [9.17, 15) is 0 Å². The van der Waals surface area contributed by atoms with Crippen molar-refractivity contribution in [2.24, 2.45) is 0 Å². The maximum absolute atomic E-state index is 6.19. The van der Waals surface area contributed by atoms with E-state index in [0.29, 0.717) is 35.7 Å². The van der Waals surface area contributed by atoms with Gasteiger partial charge in [0.2, 0.25) is 11.6 Å². The van der Waals surface area contributed by atoms with Crippen molar-refractivity contribution in [1.82, 2.24) is 15.1 Å². The number of nitrogens with zero attached hydrogens (tertiary/aromatic N) is 3. The Balaban J connectivity index is 1.37. The molecule has 5 rings (SSSR count). The molecule has 3 aromatic heterocycles. The molecular formula is C19H15ClN4O3S. The largest absolute Gasteiger partial charge is 0.486 e. The normalized spacial score (nSPS) is 13.0. The summed E-state index contributed by atoms with van der Waals surface area (Å²) >= 11 is 7.60. The molecule has 28 heavy (non-hydrogen) atoms. The zero-order valence-electron chi connectivity index (χ0n) is 14.6. The summed E-state index contributed by atoms with van der Waals surface area (Å²) in [5.74, 6) is 3.30. The molecule has 0 bridgehead atoms. The van der Waals surface area contributed by atoms with Gasteiger partial charge < -0.3 is 19.3 Å². The Labute approximate surface area is 169 Å². The van der Waals surface area contributed by atoms with E-state index in [1.165, 1.54) is 11.3 Å². The van der Waals surface area contributed by atoms with E-state index in [2.05, 4.69) is 20.4 Å². The van der Waals surface area contributed by atoms with Gasteiger partial charge in [0.25, 0.3) is 0 Å². The standard InChI is InChI=1S/C19H15ClN4O3S/c20-16-10-12-17(23-18(24-19(12)28-16)14-4-6-22-27-14)21-5-3-11-1-2-13-15(9-11)26-8-7-25-13/h1-2,4,6,9-10H,3,5,7-8H2,(H,21,23,24). The Hall–Kier alpha value is -2.84. The second-order valence-electron chi connectivity index (χ2n) is 6.20.